The Balaban J connectivity index is 0.00000196. The number of hydrogen-bond acceptors (Lipinski definition) is 2. The molecule has 0 heterocycles. The number of carboxylic acid groups (broad SMARTS) is 1. The van der Waals surface area contributed by atoms with E-state index in [-0.39, 0.29) is 46.8 Å². The molecule has 1 aromatic rings. The quantitative estimate of drug-likeness (QED) is 0.762. The zero-order valence-electron chi connectivity index (χ0n) is 8.32. The fourth-order valence-electron chi connectivity index (χ4n) is 1.35. The number of carboxylic acids is 1. The molecule has 0 saturated heterocycles. The van der Waals surface area contributed by atoms with Gasteiger partial charge in [-0.25, -0.2) is 4.79 Å². The van der Waals surface area contributed by atoms with Crippen molar-refractivity contribution >= 4 is 35.5 Å². The first kappa shape index (κ1) is 14.5. The van der Waals surface area contributed by atoms with Crippen molar-refractivity contribution in [3.8, 4) is 5.75 Å². The second-order valence-corrected chi connectivity index (χ2v) is 3.36. The van der Waals surface area contributed by atoms with Crippen LogP contribution in [0.1, 0.15) is 42.1 Å². The van der Waals surface area contributed by atoms with Crippen LogP contribution in [-0.4, -0.2) is 45.7 Å². The van der Waals surface area contributed by atoms with Gasteiger partial charge in [0, 0.05) is 0 Å². The van der Waals surface area contributed by atoms with Gasteiger partial charge < -0.3 is 10.2 Å². The second-order valence-electron chi connectivity index (χ2n) is 3.36. The molecule has 0 bridgehead atoms. The molecule has 0 amide bonds. The summed E-state index contributed by atoms with van der Waals surface area (Å²) >= 11 is 0. The number of hydrogen-bond donors (Lipinski definition) is 2. The summed E-state index contributed by atoms with van der Waals surface area (Å²) in [5, 5.41) is 18.5. The Labute approximate surface area is 111 Å². The van der Waals surface area contributed by atoms with Gasteiger partial charge in [0.2, 0.25) is 0 Å². The third-order valence-electron chi connectivity index (χ3n) is 2.44. The molecule has 0 spiro atoms. The molecule has 4 heteroatoms. The average Bonchev–Trinajstić information content (AvgIpc) is 2.16. The first-order valence-electron chi connectivity index (χ1n) is 4.63. The molecular weight excluding hydrogens is 203 g/mol. The summed E-state index contributed by atoms with van der Waals surface area (Å²) in [5.41, 5.74) is 0.676. The van der Waals surface area contributed by atoms with Crippen molar-refractivity contribution in [2.75, 3.05) is 0 Å². The monoisotopic (exact) mass is 218 g/mol. The molecule has 0 aliphatic carbocycles. The summed E-state index contributed by atoms with van der Waals surface area (Å²) in [6.45, 7) is 3.96. The number of rotatable bonds is 3. The Morgan fingerprint density at radius 3 is 2.53 bits per heavy atom. The Morgan fingerprint density at radius 2 is 2.07 bits per heavy atom. The van der Waals surface area contributed by atoms with Crippen molar-refractivity contribution in [3.63, 3.8) is 0 Å². The van der Waals surface area contributed by atoms with Crippen LogP contribution in [0.3, 0.4) is 0 Å². The summed E-state index contributed by atoms with van der Waals surface area (Å²) in [7, 11) is 0. The SMILES string of the molecule is CCC(C)c1cccc(C(=O)O)c1O.[NaH]. The van der Waals surface area contributed by atoms with E-state index in [0.29, 0.717) is 5.56 Å². The van der Waals surface area contributed by atoms with Crippen LogP contribution in [0, 0.1) is 0 Å². The molecule has 0 aromatic heterocycles. The van der Waals surface area contributed by atoms with Crippen LogP contribution in [0.15, 0.2) is 18.2 Å². The number of benzene rings is 1. The third kappa shape index (κ3) is 3.23. The van der Waals surface area contributed by atoms with E-state index < -0.39 is 5.97 Å². The predicted octanol–water partition coefficient (Wildman–Crippen LogP) is 1.96. The van der Waals surface area contributed by atoms with Crippen molar-refractivity contribution in [2.24, 2.45) is 0 Å². The number of para-hydroxylation sites is 1. The summed E-state index contributed by atoms with van der Waals surface area (Å²) < 4.78 is 0. The van der Waals surface area contributed by atoms with E-state index in [1.165, 1.54) is 6.07 Å². The average molecular weight is 218 g/mol. The van der Waals surface area contributed by atoms with Gasteiger partial charge in [-0.3, -0.25) is 0 Å². The maximum absolute atomic E-state index is 10.7. The van der Waals surface area contributed by atoms with Gasteiger partial charge in [-0.05, 0) is 24.0 Å². The van der Waals surface area contributed by atoms with Crippen LogP contribution < -0.4 is 0 Å². The van der Waals surface area contributed by atoms with Crippen molar-refractivity contribution in [1.82, 2.24) is 0 Å². The molecule has 0 aliphatic rings. The van der Waals surface area contributed by atoms with Crippen LogP contribution in [-0.2, 0) is 0 Å². The molecule has 1 rings (SSSR count). The Morgan fingerprint density at radius 1 is 1.47 bits per heavy atom. The molecule has 0 saturated carbocycles. The molecule has 1 atom stereocenters. The molecule has 1 aromatic carbocycles. The van der Waals surface area contributed by atoms with Gasteiger partial charge in [-0.1, -0.05) is 26.0 Å². The molecule has 1 unspecified atom stereocenters. The van der Waals surface area contributed by atoms with Gasteiger partial charge in [0.25, 0.3) is 0 Å². The molecule has 0 radical (unpaired) electrons. The fourth-order valence-corrected chi connectivity index (χ4v) is 1.35. The summed E-state index contributed by atoms with van der Waals surface area (Å²) in [5.74, 6) is -1.02. The molecule has 2 N–H and O–H groups in total. The van der Waals surface area contributed by atoms with Crippen LogP contribution >= 0.6 is 0 Å². The standard InChI is InChI=1S/C11H14O3.Na.H/c1-3-7(2)8-5-4-6-9(10(8)12)11(13)14;;/h4-7,12H,3H2,1-2H3,(H,13,14);;. The minimum atomic E-state index is -1.09. The van der Waals surface area contributed by atoms with Crippen LogP contribution in [0.25, 0.3) is 0 Å². The van der Waals surface area contributed by atoms with E-state index in [4.69, 9.17) is 5.11 Å². The molecule has 0 aliphatic heterocycles. The van der Waals surface area contributed by atoms with E-state index in [0.717, 1.165) is 6.42 Å². The molecule has 78 valence electrons. The van der Waals surface area contributed by atoms with Gasteiger partial charge >= 0.3 is 35.5 Å². The van der Waals surface area contributed by atoms with Crippen molar-refractivity contribution in [3.05, 3.63) is 29.3 Å². The van der Waals surface area contributed by atoms with Gasteiger partial charge in [0.1, 0.15) is 11.3 Å². The maximum atomic E-state index is 10.7. The second kappa shape index (κ2) is 6.16. The zero-order valence-corrected chi connectivity index (χ0v) is 8.32. The number of carbonyl (C=O) groups is 1. The Bertz CT molecular complexity index is 350. The Kier molecular flexibility index (Phi) is 5.95. The number of phenols is 1. The van der Waals surface area contributed by atoms with Crippen molar-refractivity contribution in [2.45, 2.75) is 26.2 Å². The number of aromatic carboxylic acids is 1. The van der Waals surface area contributed by atoms with E-state index in [1.54, 1.807) is 12.1 Å². The molecule has 3 nitrogen and oxygen atoms in total. The van der Waals surface area contributed by atoms with E-state index in [9.17, 15) is 9.90 Å². The van der Waals surface area contributed by atoms with Gasteiger partial charge in [0.15, 0.2) is 0 Å². The van der Waals surface area contributed by atoms with E-state index >= 15 is 0 Å². The summed E-state index contributed by atoms with van der Waals surface area (Å²) in [6.07, 6.45) is 0.872. The van der Waals surface area contributed by atoms with Crippen molar-refractivity contribution in [1.29, 1.82) is 0 Å². The van der Waals surface area contributed by atoms with E-state index in [2.05, 4.69) is 0 Å². The molecule has 0 fully saturated rings. The zero-order chi connectivity index (χ0) is 10.7. The first-order valence-corrected chi connectivity index (χ1v) is 4.63. The number of aromatic hydroxyl groups is 1. The van der Waals surface area contributed by atoms with Crippen molar-refractivity contribution < 1.29 is 15.0 Å². The third-order valence-corrected chi connectivity index (χ3v) is 2.44. The van der Waals surface area contributed by atoms with Gasteiger partial charge in [-0.2, -0.15) is 0 Å². The summed E-state index contributed by atoms with van der Waals surface area (Å²) in [4.78, 5) is 10.7. The van der Waals surface area contributed by atoms with Gasteiger partial charge in [-0.15, -0.1) is 0 Å². The topological polar surface area (TPSA) is 57.5 Å². The predicted molar refractivity (Wildman–Crippen MR) is 60.9 cm³/mol. The van der Waals surface area contributed by atoms with E-state index in [1.807, 2.05) is 13.8 Å². The van der Waals surface area contributed by atoms with Crippen LogP contribution in [0.4, 0.5) is 0 Å². The summed E-state index contributed by atoms with van der Waals surface area (Å²) in [6, 6.07) is 4.82. The minimum absolute atomic E-state index is 0. The fraction of sp³-hybridized carbons (Fsp3) is 0.364. The molecular formula is C11H15NaO3. The Hall–Kier alpha value is -0.510. The molecule has 15 heavy (non-hydrogen) atoms. The normalized spacial score (nSPS) is 11.6. The first-order chi connectivity index (χ1) is 6.57. The van der Waals surface area contributed by atoms with Crippen LogP contribution in [0.5, 0.6) is 5.75 Å². The van der Waals surface area contributed by atoms with Crippen LogP contribution in [0.2, 0.25) is 0 Å². The van der Waals surface area contributed by atoms with Gasteiger partial charge in [0.05, 0.1) is 0 Å².